The molecule has 4 nitrogen and oxygen atoms in total. The summed E-state index contributed by atoms with van der Waals surface area (Å²) in [5.41, 5.74) is -0.795. The third-order valence-corrected chi connectivity index (χ3v) is 6.77. The molecule has 0 aliphatic heterocycles. The highest BCUT2D eigenvalue weighted by Crippen LogP contribution is 2.64. The van der Waals surface area contributed by atoms with Crippen LogP contribution in [0.25, 0.3) is 0 Å². The molecule has 112 valence electrons. The van der Waals surface area contributed by atoms with Gasteiger partial charge in [-0.15, -0.1) is 23.2 Å². The average Bonchev–Trinajstić information content (AvgIpc) is 2.79. The molecular formula is C12H21Cl2NO3S. The maximum absolute atomic E-state index is 12.5. The van der Waals surface area contributed by atoms with E-state index in [1.165, 1.54) is 0 Å². The molecule has 0 heterocycles. The standard InChI is InChI=1S/C12H21Cl2NO3S/c1-5-15(9(3)7-19(17,18)6-2)10(16)11(4)8-12(11,13)14/h9H,5-8H2,1-4H3/t9-,11+/m1/s1. The number of nitrogens with zero attached hydrogens (tertiary/aromatic N) is 1. The van der Waals surface area contributed by atoms with Crippen LogP contribution in [-0.2, 0) is 14.6 Å². The Bertz CT molecular complexity index is 464. The highest BCUT2D eigenvalue weighted by molar-refractivity contribution is 7.91. The second-order valence-corrected chi connectivity index (χ2v) is 9.23. The van der Waals surface area contributed by atoms with Crippen LogP contribution in [0.4, 0.5) is 0 Å². The Balaban J connectivity index is 2.82. The van der Waals surface area contributed by atoms with Gasteiger partial charge in [-0.2, -0.15) is 0 Å². The minimum absolute atomic E-state index is 0.0310. The summed E-state index contributed by atoms with van der Waals surface area (Å²) in [4.78, 5) is 14.0. The quantitative estimate of drug-likeness (QED) is 0.702. The largest absolute Gasteiger partial charge is 0.339 e. The van der Waals surface area contributed by atoms with Crippen molar-refractivity contribution in [3.05, 3.63) is 0 Å². The number of hydrogen-bond donors (Lipinski definition) is 0. The van der Waals surface area contributed by atoms with Gasteiger partial charge >= 0.3 is 0 Å². The first-order valence-corrected chi connectivity index (χ1v) is 8.98. The molecule has 7 heteroatoms. The van der Waals surface area contributed by atoms with Crippen LogP contribution in [-0.4, -0.2) is 47.7 Å². The van der Waals surface area contributed by atoms with Crippen LogP contribution >= 0.6 is 23.2 Å². The second-order valence-electron chi connectivity index (χ2n) is 5.35. The molecule has 0 aromatic heterocycles. The van der Waals surface area contributed by atoms with Gasteiger partial charge in [0.1, 0.15) is 4.33 Å². The van der Waals surface area contributed by atoms with Crippen molar-refractivity contribution in [2.24, 2.45) is 5.41 Å². The van der Waals surface area contributed by atoms with Crippen LogP contribution in [0.2, 0.25) is 0 Å². The van der Waals surface area contributed by atoms with Crippen LogP contribution in [0.3, 0.4) is 0 Å². The second kappa shape index (κ2) is 5.41. The van der Waals surface area contributed by atoms with Crippen LogP contribution in [0.5, 0.6) is 0 Å². The maximum Gasteiger partial charge on any atom is 0.231 e. The third kappa shape index (κ3) is 3.37. The van der Waals surface area contributed by atoms with Crippen molar-refractivity contribution in [2.75, 3.05) is 18.1 Å². The van der Waals surface area contributed by atoms with Gasteiger partial charge in [-0.05, 0) is 27.2 Å². The summed E-state index contributed by atoms with van der Waals surface area (Å²) in [5.74, 6) is -0.120. The van der Waals surface area contributed by atoms with E-state index in [9.17, 15) is 13.2 Å². The smallest absolute Gasteiger partial charge is 0.231 e. The molecule has 1 fully saturated rings. The van der Waals surface area contributed by atoms with E-state index >= 15 is 0 Å². The summed E-state index contributed by atoms with van der Waals surface area (Å²) in [6, 6.07) is -0.371. The number of amides is 1. The van der Waals surface area contributed by atoms with Gasteiger partial charge in [0.2, 0.25) is 5.91 Å². The van der Waals surface area contributed by atoms with Gasteiger partial charge < -0.3 is 4.90 Å². The number of carbonyl (C=O) groups is 1. The normalized spacial score (nSPS) is 26.8. The first-order valence-electron chi connectivity index (χ1n) is 6.40. The zero-order chi connectivity index (χ0) is 15.1. The van der Waals surface area contributed by atoms with Crippen molar-refractivity contribution < 1.29 is 13.2 Å². The molecule has 1 saturated carbocycles. The maximum atomic E-state index is 12.5. The number of alkyl halides is 2. The Morgan fingerprint density at radius 1 is 1.37 bits per heavy atom. The lowest BCUT2D eigenvalue weighted by atomic mass is 10.1. The molecule has 0 radical (unpaired) electrons. The van der Waals surface area contributed by atoms with Crippen molar-refractivity contribution in [1.29, 1.82) is 0 Å². The van der Waals surface area contributed by atoms with Crippen LogP contribution in [0.15, 0.2) is 0 Å². The topological polar surface area (TPSA) is 54.5 Å². The summed E-state index contributed by atoms with van der Waals surface area (Å²) in [6.45, 7) is 7.33. The van der Waals surface area contributed by atoms with Gasteiger partial charge in [0.05, 0.1) is 11.2 Å². The summed E-state index contributed by atoms with van der Waals surface area (Å²) in [6.07, 6.45) is 0.408. The monoisotopic (exact) mass is 329 g/mol. The molecular weight excluding hydrogens is 309 g/mol. The number of hydrogen-bond acceptors (Lipinski definition) is 3. The molecule has 0 bridgehead atoms. The molecule has 0 aromatic carbocycles. The summed E-state index contributed by atoms with van der Waals surface area (Å²) in [5, 5.41) is 0. The molecule has 0 unspecified atom stereocenters. The predicted octanol–water partition coefficient (Wildman–Crippen LogP) is 2.24. The lowest BCUT2D eigenvalue weighted by Crippen LogP contribution is -2.46. The van der Waals surface area contributed by atoms with E-state index in [2.05, 4.69) is 0 Å². The first-order chi connectivity index (χ1) is 8.50. The molecule has 2 atom stereocenters. The summed E-state index contributed by atoms with van der Waals surface area (Å²) < 4.78 is 22.3. The molecule has 1 rings (SSSR count). The number of sulfone groups is 1. The number of carbonyl (C=O) groups excluding carboxylic acids is 1. The van der Waals surface area contributed by atoms with Crippen molar-refractivity contribution in [1.82, 2.24) is 4.90 Å². The highest BCUT2D eigenvalue weighted by atomic mass is 35.5. The molecule has 0 N–H and O–H groups in total. The zero-order valence-electron chi connectivity index (χ0n) is 11.7. The van der Waals surface area contributed by atoms with Gasteiger partial charge in [0, 0.05) is 18.3 Å². The van der Waals surface area contributed by atoms with E-state index in [0.717, 1.165) is 0 Å². The Kier molecular flexibility index (Phi) is 4.86. The first kappa shape index (κ1) is 17.1. The van der Waals surface area contributed by atoms with E-state index in [4.69, 9.17) is 23.2 Å². The number of halogens is 2. The van der Waals surface area contributed by atoms with Crippen molar-refractivity contribution in [3.8, 4) is 0 Å². The van der Waals surface area contributed by atoms with E-state index < -0.39 is 19.6 Å². The van der Waals surface area contributed by atoms with Gasteiger partial charge in [-0.25, -0.2) is 8.42 Å². The van der Waals surface area contributed by atoms with E-state index in [1.54, 1.807) is 25.7 Å². The van der Waals surface area contributed by atoms with E-state index in [1.807, 2.05) is 6.92 Å². The van der Waals surface area contributed by atoms with Crippen LogP contribution in [0, 0.1) is 5.41 Å². The van der Waals surface area contributed by atoms with Gasteiger partial charge in [-0.3, -0.25) is 4.79 Å². The van der Waals surface area contributed by atoms with Crippen molar-refractivity contribution >= 4 is 38.9 Å². The van der Waals surface area contributed by atoms with Gasteiger partial charge in [0.25, 0.3) is 0 Å². The molecule has 1 aliphatic rings. The number of rotatable bonds is 6. The van der Waals surface area contributed by atoms with Crippen LogP contribution in [0.1, 0.15) is 34.1 Å². The van der Waals surface area contributed by atoms with E-state index in [0.29, 0.717) is 13.0 Å². The minimum Gasteiger partial charge on any atom is -0.339 e. The summed E-state index contributed by atoms with van der Waals surface area (Å²) in [7, 11) is -3.12. The predicted molar refractivity (Wildman–Crippen MR) is 78.3 cm³/mol. The zero-order valence-corrected chi connectivity index (χ0v) is 14.1. The lowest BCUT2D eigenvalue weighted by molar-refractivity contribution is -0.137. The average molecular weight is 330 g/mol. The van der Waals surface area contributed by atoms with Gasteiger partial charge in [-0.1, -0.05) is 6.92 Å². The SMILES string of the molecule is CCN(C(=O)[C@]1(C)CC1(Cl)Cl)[C@H](C)CS(=O)(=O)CC. The fourth-order valence-electron chi connectivity index (χ4n) is 2.18. The van der Waals surface area contributed by atoms with Crippen molar-refractivity contribution in [2.45, 2.75) is 44.5 Å². The fraction of sp³-hybridized carbons (Fsp3) is 0.917. The molecule has 0 aromatic rings. The molecule has 19 heavy (non-hydrogen) atoms. The Hall–Kier alpha value is -0.000000000000000111. The molecule has 0 saturated heterocycles. The fourth-order valence-corrected chi connectivity index (χ4v) is 4.03. The lowest BCUT2D eigenvalue weighted by Gasteiger charge is -2.31. The Morgan fingerprint density at radius 3 is 2.16 bits per heavy atom. The van der Waals surface area contributed by atoms with Gasteiger partial charge in [0.15, 0.2) is 9.84 Å². The van der Waals surface area contributed by atoms with E-state index in [-0.39, 0.29) is 23.5 Å². The molecule has 1 amide bonds. The van der Waals surface area contributed by atoms with Crippen molar-refractivity contribution in [3.63, 3.8) is 0 Å². The van der Waals surface area contributed by atoms with Crippen LogP contribution < -0.4 is 0 Å². The Morgan fingerprint density at radius 2 is 1.84 bits per heavy atom. The minimum atomic E-state index is -3.12. The highest BCUT2D eigenvalue weighted by Gasteiger charge is 2.68. The molecule has 0 spiro atoms. The third-order valence-electron chi connectivity index (χ3n) is 3.80. The Labute approximate surface area is 125 Å². The molecule has 1 aliphatic carbocycles. The summed E-state index contributed by atoms with van der Waals surface area (Å²) >= 11 is 12.0.